The van der Waals surface area contributed by atoms with Crippen molar-refractivity contribution in [1.82, 2.24) is 15.2 Å². The van der Waals surface area contributed by atoms with E-state index in [1.165, 1.54) is 24.4 Å². The first-order valence-electron chi connectivity index (χ1n) is 18.2. The maximum atomic E-state index is 13.8. The Morgan fingerprint density at radius 1 is 0.833 bits per heavy atom. The van der Waals surface area contributed by atoms with Crippen molar-refractivity contribution >= 4 is 29.0 Å². The van der Waals surface area contributed by atoms with Gasteiger partial charge in [-0.1, -0.05) is 24.3 Å². The Labute approximate surface area is 312 Å². The summed E-state index contributed by atoms with van der Waals surface area (Å²) in [6, 6.07) is 20.1. The molecule has 0 aliphatic carbocycles. The SMILES string of the molecule is CC(N)(CCN1CCOCC1)C(=O)c1cccc(C(=O)Nc2ccc(N3CCCCC3)cc2-c2cc(C(=O)NCc3cccc(C(F)(F)F)c3)ccn2)c1. The highest BCUT2D eigenvalue weighted by Crippen LogP contribution is 2.34. The average molecular weight is 743 g/mol. The molecule has 4 aromatic rings. The quantitative estimate of drug-likeness (QED) is 0.139. The van der Waals surface area contributed by atoms with Gasteiger partial charge in [-0.3, -0.25) is 24.3 Å². The number of carbonyl (C=O) groups excluding carboxylic acids is 3. The topological polar surface area (TPSA) is 130 Å². The maximum absolute atomic E-state index is 13.8. The number of benzene rings is 3. The molecular formula is C41H45F3N6O4. The molecule has 1 unspecified atom stereocenters. The van der Waals surface area contributed by atoms with Crippen LogP contribution in [-0.4, -0.2) is 79.0 Å². The van der Waals surface area contributed by atoms with Crippen molar-refractivity contribution in [2.75, 3.05) is 56.2 Å². The molecule has 13 heteroatoms. The van der Waals surface area contributed by atoms with Gasteiger partial charge < -0.3 is 26.0 Å². The summed E-state index contributed by atoms with van der Waals surface area (Å²) in [6.07, 6.45) is 0.687. The summed E-state index contributed by atoms with van der Waals surface area (Å²) >= 11 is 0. The number of aromatic nitrogens is 1. The van der Waals surface area contributed by atoms with Crippen LogP contribution in [-0.2, 0) is 17.5 Å². The van der Waals surface area contributed by atoms with Gasteiger partial charge in [0.05, 0.1) is 35.7 Å². The van der Waals surface area contributed by atoms with Crippen LogP contribution in [0.15, 0.2) is 85.1 Å². The lowest BCUT2D eigenvalue weighted by molar-refractivity contribution is -0.137. The first-order chi connectivity index (χ1) is 25.9. The van der Waals surface area contributed by atoms with Crippen molar-refractivity contribution in [2.24, 2.45) is 5.73 Å². The third kappa shape index (κ3) is 9.70. The van der Waals surface area contributed by atoms with E-state index in [0.717, 1.165) is 63.3 Å². The highest BCUT2D eigenvalue weighted by molar-refractivity contribution is 6.09. The van der Waals surface area contributed by atoms with Gasteiger partial charge in [0.2, 0.25) is 0 Å². The molecule has 10 nitrogen and oxygen atoms in total. The fourth-order valence-electron chi connectivity index (χ4n) is 6.72. The molecule has 2 amide bonds. The summed E-state index contributed by atoms with van der Waals surface area (Å²) in [5, 5.41) is 5.69. The van der Waals surface area contributed by atoms with Crippen molar-refractivity contribution in [3.8, 4) is 11.3 Å². The number of hydrogen-bond donors (Lipinski definition) is 3. The van der Waals surface area contributed by atoms with E-state index < -0.39 is 29.1 Å². The number of nitrogens with two attached hydrogens (primary N) is 1. The minimum Gasteiger partial charge on any atom is -0.379 e. The zero-order chi connectivity index (χ0) is 38.3. The van der Waals surface area contributed by atoms with E-state index in [9.17, 15) is 27.6 Å². The Hall–Kier alpha value is -5.11. The molecule has 2 aliphatic heterocycles. The van der Waals surface area contributed by atoms with Crippen molar-refractivity contribution in [3.05, 3.63) is 113 Å². The van der Waals surface area contributed by atoms with Gasteiger partial charge in [0.25, 0.3) is 11.8 Å². The maximum Gasteiger partial charge on any atom is 0.416 e. The second-order valence-corrected chi connectivity index (χ2v) is 14.1. The van der Waals surface area contributed by atoms with Crippen molar-refractivity contribution in [2.45, 2.75) is 50.9 Å². The molecule has 2 aliphatic rings. The molecule has 3 heterocycles. The Bertz CT molecular complexity index is 1970. The molecule has 2 saturated heterocycles. The number of morpholine rings is 1. The summed E-state index contributed by atoms with van der Waals surface area (Å²) in [5.74, 6) is -1.20. The molecule has 6 rings (SSSR count). The fraction of sp³-hybridized carbons (Fsp3) is 0.366. The van der Waals surface area contributed by atoms with Crippen LogP contribution in [0.2, 0.25) is 0 Å². The lowest BCUT2D eigenvalue weighted by Gasteiger charge is -2.30. The molecule has 3 aromatic carbocycles. The van der Waals surface area contributed by atoms with Crippen LogP contribution in [0.3, 0.4) is 0 Å². The summed E-state index contributed by atoms with van der Waals surface area (Å²) in [7, 11) is 0. The number of Topliss-reactive ketones (excluding diaryl/α,β-unsaturated/α-hetero) is 1. The standard InChI is InChI=1S/C41H45F3N6O4/c1-40(45,14-18-49-19-21-54-22-20-49)37(51)29-8-6-9-30(24-29)39(53)48-35-12-11-33(50-16-3-2-4-17-50)26-34(35)36-25-31(13-15-46-36)38(52)47-27-28-7-5-10-32(23-28)41(42,43)44/h5-13,15,23-26H,2-4,14,16-22,27,45H2,1H3,(H,47,52)(H,48,53). The van der Waals surface area contributed by atoms with Gasteiger partial charge in [-0.15, -0.1) is 0 Å². The van der Waals surface area contributed by atoms with Crippen LogP contribution >= 0.6 is 0 Å². The molecule has 2 fully saturated rings. The molecule has 0 spiro atoms. The van der Waals surface area contributed by atoms with Gasteiger partial charge in [-0.2, -0.15) is 13.2 Å². The Morgan fingerprint density at radius 2 is 1.56 bits per heavy atom. The number of nitrogens with one attached hydrogen (secondary N) is 2. The number of pyridine rings is 1. The van der Waals surface area contributed by atoms with E-state index in [2.05, 4.69) is 25.4 Å². The predicted octanol–water partition coefficient (Wildman–Crippen LogP) is 6.56. The molecule has 0 radical (unpaired) electrons. The number of halogens is 3. The van der Waals surface area contributed by atoms with Gasteiger partial charge in [0.1, 0.15) is 0 Å². The lowest BCUT2D eigenvalue weighted by Crippen LogP contribution is -2.48. The van der Waals surface area contributed by atoms with E-state index in [1.807, 2.05) is 12.1 Å². The van der Waals surface area contributed by atoms with Crippen molar-refractivity contribution < 1.29 is 32.3 Å². The number of piperidine rings is 1. The van der Waals surface area contributed by atoms with Gasteiger partial charge >= 0.3 is 6.18 Å². The summed E-state index contributed by atoms with van der Waals surface area (Å²) in [4.78, 5) is 49.6. The van der Waals surface area contributed by atoms with Crippen LogP contribution in [0.1, 0.15) is 74.8 Å². The molecule has 0 bridgehead atoms. The minimum atomic E-state index is -4.49. The first-order valence-corrected chi connectivity index (χ1v) is 18.2. The molecular weight excluding hydrogens is 697 g/mol. The van der Waals surface area contributed by atoms with Crippen LogP contribution in [0.5, 0.6) is 0 Å². The monoisotopic (exact) mass is 742 g/mol. The van der Waals surface area contributed by atoms with Crippen LogP contribution in [0.25, 0.3) is 11.3 Å². The van der Waals surface area contributed by atoms with Crippen LogP contribution in [0.4, 0.5) is 24.5 Å². The summed E-state index contributed by atoms with van der Waals surface area (Å²) in [5.41, 5.74) is 8.14. The van der Waals surface area contributed by atoms with Gasteiger partial charge in [0, 0.05) is 73.4 Å². The average Bonchev–Trinajstić information content (AvgIpc) is 3.19. The van der Waals surface area contributed by atoms with E-state index in [4.69, 9.17) is 10.5 Å². The number of hydrogen-bond acceptors (Lipinski definition) is 8. The number of carbonyl (C=O) groups is 3. The third-order valence-electron chi connectivity index (χ3n) is 9.93. The zero-order valence-corrected chi connectivity index (χ0v) is 30.3. The number of nitrogens with zero attached hydrogens (tertiary/aromatic N) is 3. The summed E-state index contributed by atoms with van der Waals surface area (Å²) < 4.78 is 45.1. The van der Waals surface area contributed by atoms with E-state index >= 15 is 0 Å². The Balaban J connectivity index is 1.22. The first kappa shape index (κ1) is 38.6. The number of amides is 2. The van der Waals surface area contributed by atoms with Crippen molar-refractivity contribution in [1.29, 1.82) is 0 Å². The highest BCUT2D eigenvalue weighted by atomic mass is 19.4. The number of alkyl halides is 3. The highest BCUT2D eigenvalue weighted by Gasteiger charge is 2.31. The number of ether oxygens (including phenoxy) is 1. The predicted molar refractivity (Wildman–Crippen MR) is 202 cm³/mol. The molecule has 4 N–H and O–H groups in total. The van der Waals surface area contributed by atoms with Gasteiger partial charge in [0.15, 0.2) is 5.78 Å². The second-order valence-electron chi connectivity index (χ2n) is 14.1. The largest absolute Gasteiger partial charge is 0.416 e. The van der Waals surface area contributed by atoms with Gasteiger partial charge in [-0.05, 0) is 92.8 Å². The number of ketones is 1. The molecule has 54 heavy (non-hydrogen) atoms. The normalized spacial score (nSPS) is 16.4. The fourth-order valence-corrected chi connectivity index (χ4v) is 6.72. The lowest BCUT2D eigenvalue weighted by atomic mass is 9.88. The molecule has 0 saturated carbocycles. The zero-order valence-electron chi connectivity index (χ0n) is 30.3. The minimum absolute atomic E-state index is 0.106. The van der Waals surface area contributed by atoms with Gasteiger partial charge in [-0.25, -0.2) is 0 Å². The smallest absolute Gasteiger partial charge is 0.379 e. The molecule has 1 atom stereocenters. The number of anilines is 2. The molecule has 284 valence electrons. The van der Waals surface area contributed by atoms with E-state index in [0.29, 0.717) is 54.3 Å². The van der Waals surface area contributed by atoms with Crippen LogP contribution < -0.4 is 21.3 Å². The molecule has 1 aromatic heterocycles. The van der Waals surface area contributed by atoms with E-state index in [1.54, 1.807) is 43.3 Å². The van der Waals surface area contributed by atoms with Crippen molar-refractivity contribution in [3.63, 3.8) is 0 Å². The second kappa shape index (κ2) is 16.9. The van der Waals surface area contributed by atoms with E-state index in [-0.39, 0.29) is 23.5 Å². The number of rotatable bonds is 12. The van der Waals surface area contributed by atoms with Crippen LogP contribution in [0, 0.1) is 0 Å². The summed E-state index contributed by atoms with van der Waals surface area (Å²) in [6.45, 7) is 6.90. The Kier molecular flexibility index (Phi) is 12.1. The Morgan fingerprint density at radius 3 is 2.31 bits per heavy atom. The third-order valence-corrected chi connectivity index (χ3v) is 9.93.